The molecule has 0 aliphatic carbocycles. The van der Waals surface area contributed by atoms with Crippen LogP contribution in [0.2, 0.25) is 0 Å². The predicted octanol–water partition coefficient (Wildman–Crippen LogP) is 2.12. The smallest absolute Gasteiger partial charge is 0.194 e. The summed E-state index contributed by atoms with van der Waals surface area (Å²) in [6.07, 6.45) is 0.352. The monoisotopic (exact) mass is 481 g/mol. The number of nitrogens with zero attached hydrogens (tertiary/aromatic N) is 2. The number of halogens is 2. The number of benzene rings is 1. The van der Waals surface area contributed by atoms with Gasteiger partial charge < -0.3 is 24.8 Å². The number of rotatable bonds is 8. The second-order valence-corrected chi connectivity index (χ2v) is 6.17. The van der Waals surface area contributed by atoms with E-state index in [9.17, 15) is 9.50 Å². The Morgan fingerprint density at radius 2 is 2.15 bits per heavy atom. The van der Waals surface area contributed by atoms with Gasteiger partial charge in [0, 0.05) is 32.7 Å². The Bertz CT molecular complexity index is 545. The van der Waals surface area contributed by atoms with E-state index in [0.29, 0.717) is 11.7 Å². The molecule has 1 heterocycles. The van der Waals surface area contributed by atoms with Crippen molar-refractivity contribution in [3.63, 3.8) is 0 Å². The van der Waals surface area contributed by atoms with E-state index in [-0.39, 0.29) is 42.9 Å². The first-order valence-corrected chi connectivity index (χ1v) is 8.71. The van der Waals surface area contributed by atoms with Crippen LogP contribution in [0.1, 0.15) is 13.3 Å². The highest BCUT2D eigenvalue weighted by molar-refractivity contribution is 14.0. The molecule has 1 aliphatic rings. The minimum Gasteiger partial charge on any atom is -0.491 e. The number of aliphatic imine (C=N–C) groups is 1. The molecule has 1 saturated heterocycles. The summed E-state index contributed by atoms with van der Waals surface area (Å²) in [7, 11) is 1.72. The van der Waals surface area contributed by atoms with Crippen molar-refractivity contribution in [2.24, 2.45) is 10.9 Å². The summed E-state index contributed by atoms with van der Waals surface area (Å²) in [6, 6.07) is 5.73. The maximum Gasteiger partial charge on any atom is 0.194 e. The van der Waals surface area contributed by atoms with Crippen molar-refractivity contribution >= 4 is 29.9 Å². The first kappa shape index (κ1) is 22.9. The number of nitrogens with one attached hydrogen (secondary N) is 1. The van der Waals surface area contributed by atoms with Gasteiger partial charge in [0.15, 0.2) is 5.96 Å². The second-order valence-electron chi connectivity index (χ2n) is 6.17. The molecule has 2 N–H and O–H groups in total. The van der Waals surface area contributed by atoms with E-state index in [0.717, 1.165) is 38.6 Å². The van der Waals surface area contributed by atoms with Crippen LogP contribution in [0.5, 0.6) is 5.75 Å². The molecule has 0 bridgehead atoms. The number of aliphatic hydroxyl groups excluding tert-OH is 1. The maximum atomic E-state index is 12.8. The molecule has 26 heavy (non-hydrogen) atoms. The van der Waals surface area contributed by atoms with Crippen molar-refractivity contribution in [3.05, 3.63) is 30.1 Å². The molecule has 2 atom stereocenters. The summed E-state index contributed by atoms with van der Waals surface area (Å²) >= 11 is 0. The van der Waals surface area contributed by atoms with Crippen LogP contribution in [-0.4, -0.2) is 68.6 Å². The summed E-state index contributed by atoms with van der Waals surface area (Å²) in [5.41, 5.74) is 0. The van der Waals surface area contributed by atoms with Crippen LogP contribution in [0, 0.1) is 11.7 Å². The van der Waals surface area contributed by atoms with E-state index >= 15 is 0 Å². The van der Waals surface area contributed by atoms with Crippen LogP contribution < -0.4 is 10.1 Å². The fourth-order valence-corrected chi connectivity index (χ4v) is 2.79. The van der Waals surface area contributed by atoms with Gasteiger partial charge in [0.1, 0.15) is 24.3 Å². The Kier molecular flexibility index (Phi) is 10.8. The molecule has 1 aromatic rings. The Morgan fingerprint density at radius 3 is 2.81 bits per heavy atom. The van der Waals surface area contributed by atoms with Gasteiger partial charge in [0.2, 0.25) is 0 Å². The lowest BCUT2D eigenvalue weighted by molar-refractivity contribution is 0.114. The van der Waals surface area contributed by atoms with E-state index in [4.69, 9.17) is 9.47 Å². The number of likely N-dealkylation sites (tertiary alicyclic amines) is 1. The lowest BCUT2D eigenvalue weighted by Crippen LogP contribution is -2.41. The molecule has 148 valence electrons. The summed E-state index contributed by atoms with van der Waals surface area (Å²) in [6.45, 7) is 5.74. The van der Waals surface area contributed by atoms with Crippen LogP contribution in [0.3, 0.4) is 0 Å². The SMILES string of the molecule is CCNC(=NCC(O)COc1ccc(F)cc1)N1CCC(COC)C1.I. The minimum atomic E-state index is -0.726. The Morgan fingerprint density at radius 1 is 1.42 bits per heavy atom. The van der Waals surface area contributed by atoms with Gasteiger partial charge in [-0.15, -0.1) is 24.0 Å². The highest BCUT2D eigenvalue weighted by Gasteiger charge is 2.24. The third-order valence-electron chi connectivity index (χ3n) is 4.03. The Labute approximate surface area is 171 Å². The molecular formula is C18H29FIN3O3. The molecule has 1 aliphatic heterocycles. The Hall–Kier alpha value is -1.13. The van der Waals surface area contributed by atoms with Crippen molar-refractivity contribution in [3.8, 4) is 5.75 Å². The molecule has 8 heteroatoms. The molecule has 2 rings (SSSR count). The van der Waals surface area contributed by atoms with Gasteiger partial charge in [-0.3, -0.25) is 4.99 Å². The normalized spacial score (nSPS) is 18.4. The largest absolute Gasteiger partial charge is 0.491 e. The third-order valence-corrected chi connectivity index (χ3v) is 4.03. The highest BCUT2D eigenvalue weighted by atomic mass is 127. The number of hydrogen-bond donors (Lipinski definition) is 2. The molecule has 1 aromatic carbocycles. The highest BCUT2D eigenvalue weighted by Crippen LogP contribution is 2.16. The number of aliphatic hydroxyl groups is 1. The predicted molar refractivity (Wildman–Crippen MR) is 111 cm³/mol. The topological polar surface area (TPSA) is 66.3 Å². The van der Waals surface area contributed by atoms with Crippen molar-refractivity contribution in [1.29, 1.82) is 0 Å². The van der Waals surface area contributed by atoms with Crippen molar-refractivity contribution < 1.29 is 19.0 Å². The molecule has 0 radical (unpaired) electrons. The number of guanidine groups is 1. The zero-order valence-corrected chi connectivity index (χ0v) is 17.7. The number of methoxy groups -OCH3 is 1. The third kappa shape index (κ3) is 7.63. The van der Waals surface area contributed by atoms with Gasteiger partial charge in [0.05, 0.1) is 13.2 Å². The molecule has 0 amide bonds. The standard InChI is InChI=1S/C18H28FN3O3.HI/c1-3-20-18(22-9-8-14(11-22)12-24-2)21-10-16(23)13-25-17-6-4-15(19)5-7-17;/h4-7,14,16,23H,3,8-13H2,1-2H3,(H,20,21);1H. The van der Waals surface area contributed by atoms with Crippen molar-refractivity contribution in [2.45, 2.75) is 19.4 Å². The van der Waals surface area contributed by atoms with Crippen LogP contribution >= 0.6 is 24.0 Å². The van der Waals surface area contributed by atoms with Crippen LogP contribution in [-0.2, 0) is 4.74 Å². The lowest BCUT2D eigenvalue weighted by Gasteiger charge is -2.22. The molecule has 2 unspecified atom stereocenters. The fourth-order valence-electron chi connectivity index (χ4n) is 2.79. The van der Waals surface area contributed by atoms with E-state index in [2.05, 4.69) is 15.2 Å². The quantitative estimate of drug-likeness (QED) is 0.339. The molecule has 0 aromatic heterocycles. The lowest BCUT2D eigenvalue weighted by atomic mass is 10.1. The first-order chi connectivity index (χ1) is 12.1. The molecule has 0 spiro atoms. The van der Waals surface area contributed by atoms with Gasteiger partial charge in [-0.2, -0.15) is 0 Å². The van der Waals surface area contributed by atoms with Crippen LogP contribution in [0.25, 0.3) is 0 Å². The van der Waals surface area contributed by atoms with Gasteiger partial charge in [-0.25, -0.2) is 4.39 Å². The van der Waals surface area contributed by atoms with Crippen molar-refractivity contribution in [1.82, 2.24) is 10.2 Å². The maximum absolute atomic E-state index is 12.8. The summed E-state index contributed by atoms with van der Waals surface area (Å²) in [4.78, 5) is 6.71. The zero-order chi connectivity index (χ0) is 18.1. The van der Waals surface area contributed by atoms with Crippen LogP contribution in [0.15, 0.2) is 29.3 Å². The minimum absolute atomic E-state index is 0. The molecular weight excluding hydrogens is 452 g/mol. The van der Waals surface area contributed by atoms with E-state index in [1.807, 2.05) is 6.92 Å². The van der Waals surface area contributed by atoms with E-state index in [1.165, 1.54) is 24.3 Å². The molecule has 6 nitrogen and oxygen atoms in total. The Balaban J connectivity index is 0.00000338. The zero-order valence-electron chi connectivity index (χ0n) is 15.4. The van der Waals surface area contributed by atoms with Crippen LogP contribution in [0.4, 0.5) is 4.39 Å². The second kappa shape index (κ2) is 12.3. The van der Waals surface area contributed by atoms with Gasteiger partial charge in [-0.1, -0.05) is 0 Å². The fraction of sp³-hybridized carbons (Fsp3) is 0.611. The van der Waals surface area contributed by atoms with Crippen molar-refractivity contribution in [2.75, 3.05) is 46.5 Å². The summed E-state index contributed by atoms with van der Waals surface area (Å²) in [5, 5.41) is 13.4. The van der Waals surface area contributed by atoms with Gasteiger partial charge >= 0.3 is 0 Å². The number of ether oxygens (including phenoxy) is 2. The van der Waals surface area contributed by atoms with Gasteiger partial charge in [0.25, 0.3) is 0 Å². The molecule has 0 saturated carbocycles. The average Bonchev–Trinajstić information content (AvgIpc) is 3.07. The number of hydrogen-bond acceptors (Lipinski definition) is 4. The summed E-state index contributed by atoms with van der Waals surface area (Å²) in [5.74, 6) is 1.53. The first-order valence-electron chi connectivity index (χ1n) is 8.71. The van der Waals surface area contributed by atoms with E-state index < -0.39 is 6.10 Å². The molecule has 1 fully saturated rings. The van der Waals surface area contributed by atoms with E-state index in [1.54, 1.807) is 7.11 Å². The summed E-state index contributed by atoms with van der Waals surface area (Å²) < 4.78 is 23.5. The average molecular weight is 481 g/mol. The van der Waals surface area contributed by atoms with Gasteiger partial charge in [-0.05, 0) is 37.6 Å².